The van der Waals surface area contributed by atoms with Gasteiger partial charge in [-0.2, -0.15) is 16.9 Å². The molecule has 0 fully saturated rings. The molecule has 0 atom stereocenters. The van der Waals surface area contributed by atoms with E-state index in [4.69, 9.17) is 5.73 Å². The molecular weight excluding hydrogens is 272 g/mol. The highest BCUT2D eigenvalue weighted by atomic mass is 32.2. The Kier molecular flexibility index (Phi) is 4.79. The van der Waals surface area contributed by atoms with Crippen LogP contribution in [0.3, 0.4) is 0 Å². The lowest BCUT2D eigenvalue weighted by Gasteiger charge is -2.08. The molecule has 20 heavy (non-hydrogen) atoms. The van der Waals surface area contributed by atoms with E-state index in [1.54, 1.807) is 11.8 Å². The summed E-state index contributed by atoms with van der Waals surface area (Å²) in [4.78, 5) is 15.5. The lowest BCUT2D eigenvalue weighted by molar-refractivity contribution is -0.117. The van der Waals surface area contributed by atoms with E-state index in [9.17, 15) is 4.79 Å². The number of nitrogens with zero attached hydrogens (tertiary/aromatic N) is 3. The van der Waals surface area contributed by atoms with Crippen LogP contribution in [0.15, 0.2) is 24.3 Å². The molecule has 0 aliphatic heterocycles. The fourth-order valence-corrected chi connectivity index (χ4v) is 2.36. The van der Waals surface area contributed by atoms with E-state index in [1.165, 1.54) is 0 Å². The van der Waals surface area contributed by atoms with Gasteiger partial charge < -0.3 is 5.73 Å². The van der Waals surface area contributed by atoms with Gasteiger partial charge in [0.15, 0.2) is 5.82 Å². The molecule has 5 nitrogen and oxygen atoms in total. The molecular formula is C14H18N4OS. The lowest BCUT2D eigenvalue weighted by Crippen LogP contribution is -2.14. The predicted molar refractivity (Wildman–Crippen MR) is 81.1 cm³/mol. The first-order valence-electron chi connectivity index (χ1n) is 6.40. The van der Waals surface area contributed by atoms with E-state index in [1.807, 2.05) is 35.9 Å². The van der Waals surface area contributed by atoms with Crippen LogP contribution in [0.2, 0.25) is 0 Å². The molecule has 1 aromatic heterocycles. The zero-order valence-corrected chi connectivity index (χ0v) is 12.5. The van der Waals surface area contributed by atoms with Crippen molar-refractivity contribution in [1.29, 1.82) is 0 Å². The Hall–Kier alpha value is -1.82. The fraction of sp³-hybridized carbons (Fsp3) is 0.357. The maximum Gasteiger partial charge on any atom is 0.225 e. The van der Waals surface area contributed by atoms with Gasteiger partial charge in [0.25, 0.3) is 0 Å². The highest BCUT2D eigenvalue weighted by molar-refractivity contribution is 7.98. The smallest absolute Gasteiger partial charge is 0.225 e. The summed E-state index contributed by atoms with van der Waals surface area (Å²) in [7, 11) is 0. The first-order chi connectivity index (χ1) is 9.61. The van der Waals surface area contributed by atoms with Gasteiger partial charge in [0.2, 0.25) is 5.91 Å². The number of carbonyl (C=O) groups is 1. The van der Waals surface area contributed by atoms with Gasteiger partial charge in [-0.25, -0.2) is 9.67 Å². The van der Waals surface area contributed by atoms with E-state index in [0.29, 0.717) is 5.82 Å². The standard InChI is InChI=1S/C14H18N4OS/c1-10-5-3-4-6-11(10)18-14(7-8-20-2)16-13(17-18)9-12(15)19/h3-6H,7-9H2,1-2H3,(H2,15,19). The van der Waals surface area contributed by atoms with E-state index >= 15 is 0 Å². The van der Waals surface area contributed by atoms with E-state index < -0.39 is 5.91 Å². The number of nitrogens with two attached hydrogens (primary N) is 1. The van der Waals surface area contributed by atoms with Crippen molar-refractivity contribution in [3.8, 4) is 5.69 Å². The van der Waals surface area contributed by atoms with Crippen LogP contribution < -0.4 is 5.73 Å². The lowest BCUT2D eigenvalue weighted by atomic mass is 10.2. The van der Waals surface area contributed by atoms with E-state index in [2.05, 4.69) is 16.3 Å². The van der Waals surface area contributed by atoms with Crippen LogP contribution in [0.5, 0.6) is 0 Å². The maximum absolute atomic E-state index is 11.0. The number of hydrogen-bond acceptors (Lipinski definition) is 4. The second kappa shape index (κ2) is 6.56. The van der Waals surface area contributed by atoms with Gasteiger partial charge in [0.05, 0.1) is 12.1 Å². The molecule has 1 aromatic carbocycles. The van der Waals surface area contributed by atoms with Crippen LogP contribution in [0, 0.1) is 6.92 Å². The van der Waals surface area contributed by atoms with Crippen molar-refractivity contribution in [3.05, 3.63) is 41.5 Å². The second-order valence-corrected chi connectivity index (χ2v) is 5.51. The molecule has 0 saturated carbocycles. The van der Waals surface area contributed by atoms with Crippen LogP contribution >= 0.6 is 11.8 Å². The van der Waals surface area contributed by atoms with Gasteiger partial charge in [-0.15, -0.1) is 0 Å². The monoisotopic (exact) mass is 290 g/mol. The summed E-state index contributed by atoms with van der Waals surface area (Å²) in [6, 6.07) is 7.99. The Bertz CT molecular complexity index is 609. The Morgan fingerprint density at radius 1 is 1.40 bits per heavy atom. The van der Waals surface area contributed by atoms with Crippen LogP contribution in [-0.2, 0) is 17.6 Å². The minimum absolute atomic E-state index is 0.0746. The van der Waals surface area contributed by atoms with Gasteiger partial charge in [0.1, 0.15) is 5.82 Å². The van der Waals surface area contributed by atoms with Crippen LogP contribution in [0.25, 0.3) is 5.69 Å². The average Bonchev–Trinajstić information content (AvgIpc) is 2.78. The molecule has 0 unspecified atom stereocenters. The number of aryl methyl sites for hydroxylation is 2. The molecule has 0 saturated heterocycles. The Labute approximate surface area is 122 Å². The summed E-state index contributed by atoms with van der Waals surface area (Å²) in [5.74, 6) is 1.89. The van der Waals surface area contributed by atoms with Crippen molar-refractivity contribution < 1.29 is 4.79 Å². The summed E-state index contributed by atoms with van der Waals surface area (Å²) in [6.07, 6.45) is 2.94. The molecule has 2 N–H and O–H groups in total. The van der Waals surface area contributed by atoms with Crippen LogP contribution in [0.1, 0.15) is 17.2 Å². The molecule has 1 amide bonds. The summed E-state index contributed by atoms with van der Waals surface area (Å²) < 4.78 is 1.82. The zero-order chi connectivity index (χ0) is 14.5. The minimum atomic E-state index is -0.414. The SMILES string of the molecule is CSCCc1nc(CC(N)=O)nn1-c1ccccc1C. The van der Waals surface area contributed by atoms with E-state index in [-0.39, 0.29) is 6.42 Å². The van der Waals surface area contributed by atoms with Crippen molar-refractivity contribution in [2.75, 3.05) is 12.0 Å². The van der Waals surface area contributed by atoms with E-state index in [0.717, 1.165) is 29.2 Å². The molecule has 106 valence electrons. The zero-order valence-electron chi connectivity index (χ0n) is 11.7. The fourth-order valence-electron chi connectivity index (χ4n) is 1.97. The Morgan fingerprint density at radius 3 is 2.80 bits per heavy atom. The number of rotatable bonds is 6. The maximum atomic E-state index is 11.0. The first kappa shape index (κ1) is 14.6. The summed E-state index contributed by atoms with van der Waals surface area (Å²) >= 11 is 1.75. The second-order valence-electron chi connectivity index (χ2n) is 4.53. The summed E-state index contributed by atoms with van der Waals surface area (Å²) in [5, 5.41) is 4.43. The normalized spacial score (nSPS) is 10.7. The molecule has 2 aromatic rings. The number of aromatic nitrogens is 3. The van der Waals surface area contributed by atoms with Gasteiger partial charge >= 0.3 is 0 Å². The minimum Gasteiger partial charge on any atom is -0.369 e. The van der Waals surface area contributed by atoms with Crippen LogP contribution in [-0.4, -0.2) is 32.7 Å². The number of benzene rings is 1. The number of thioether (sulfide) groups is 1. The highest BCUT2D eigenvalue weighted by Gasteiger charge is 2.14. The Balaban J connectivity index is 2.41. The quantitative estimate of drug-likeness (QED) is 0.875. The molecule has 6 heteroatoms. The Morgan fingerprint density at radius 2 is 2.15 bits per heavy atom. The largest absolute Gasteiger partial charge is 0.369 e. The molecule has 0 bridgehead atoms. The number of amides is 1. The number of primary amides is 1. The molecule has 2 rings (SSSR count). The molecule has 0 aliphatic carbocycles. The topological polar surface area (TPSA) is 73.8 Å². The number of carbonyl (C=O) groups excluding carboxylic acids is 1. The van der Waals surface area contributed by atoms with Gasteiger partial charge in [-0.3, -0.25) is 4.79 Å². The third kappa shape index (κ3) is 3.39. The third-order valence-electron chi connectivity index (χ3n) is 2.92. The number of hydrogen-bond donors (Lipinski definition) is 1. The number of para-hydroxylation sites is 1. The van der Waals surface area contributed by atoms with Crippen LogP contribution in [0.4, 0.5) is 0 Å². The average molecular weight is 290 g/mol. The van der Waals surface area contributed by atoms with Crippen molar-refractivity contribution in [2.24, 2.45) is 5.73 Å². The van der Waals surface area contributed by atoms with Crippen molar-refractivity contribution in [3.63, 3.8) is 0 Å². The van der Waals surface area contributed by atoms with Gasteiger partial charge in [-0.05, 0) is 24.8 Å². The van der Waals surface area contributed by atoms with Gasteiger partial charge in [-0.1, -0.05) is 18.2 Å². The molecule has 0 radical (unpaired) electrons. The summed E-state index contributed by atoms with van der Waals surface area (Å²) in [6.45, 7) is 2.03. The van der Waals surface area contributed by atoms with Crippen molar-refractivity contribution in [2.45, 2.75) is 19.8 Å². The molecule has 0 spiro atoms. The summed E-state index contributed by atoms with van der Waals surface area (Å²) in [5.41, 5.74) is 7.33. The highest BCUT2D eigenvalue weighted by Crippen LogP contribution is 2.16. The third-order valence-corrected chi connectivity index (χ3v) is 3.54. The first-order valence-corrected chi connectivity index (χ1v) is 7.79. The predicted octanol–water partition coefficient (Wildman–Crippen LogP) is 1.51. The van der Waals surface area contributed by atoms with Crippen molar-refractivity contribution >= 4 is 17.7 Å². The molecule has 1 heterocycles. The molecule has 0 aliphatic rings. The van der Waals surface area contributed by atoms with Crippen molar-refractivity contribution in [1.82, 2.24) is 14.8 Å². The van der Waals surface area contributed by atoms with Gasteiger partial charge in [0, 0.05) is 12.2 Å².